The lowest BCUT2D eigenvalue weighted by Crippen LogP contribution is -2.38. The molecule has 0 spiro atoms. The largest absolute Gasteiger partial charge is 0.378 e. The van der Waals surface area contributed by atoms with E-state index in [0.29, 0.717) is 49.2 Å². The van der Waals surface area contributed by atoms with Crippen molar-refractivity contribution < 1.29 is 9.53 Å². The summed E-state index contributed by atoms with van der Waals surface area (Å²) >= 11 is 0. The van der Waals surface area contributed by atoms with Crippen LogP contribution < -0.4 is 4.90 Å². The second kappa shape index (κ2) is 9.88. The Kier molecular flexibility index (Phi) is 6.51. The van der Waals surface area contributed by atoms with Gasteiger partial charge in [-0.15, -0.1) is 10.2 Å². The van der Waals surface area contributed by atoms with Crippen LogP contribution in [0.25, 0.3) is 11.4 Å². The molecule has 2 fully saturated rings. The predicted octanol–water partition coefficient (Wildman–Crippen LogP) is 3.82. The zero-order chi connectivity index (χ0) is 24.4. The Balaban J connectivity index is 1.38. The van der Waals surface area contributed by atoms with Crippen LogP contribution in [-0.4, -0.2) is 65.4 Å². The molecule has 3 aromatic rings. The number of morpholine rings is 1. The van der Waals surface area contributed by atoms with Crippen LogP contribution in [0.3, 0.4) is 0 Å². The van der Waals surface area contributed by atoms with Crippen molar-refractivity contribution in [1.29, 1.82) is 5.26 Å². The Bertz CT molecular complexity index is 1250. The van der Waals surface area contributed by atoms with Crippen molar-refractivity contribution in [3.8, 4) is 17.5 Å². The minimum atomic E-state index is 0.0618. The highest BCUT2D eigenvalue weighted by Gasteiger charge is 2.27. The van der Waals surface area contributed by atoms with Crippen LogP contribution in [0.5, 0.6) is 0 Å². The second-order valence-electron chi connectivity index (χ2n) is 9.34. The maximum Gasteiger partial charge on any atom is 0.254 e. The first kappa shape index (κ1) is 23.1. The number of carbonyl (C=O) groups is 1. The van der Waals surface area contributed by atoms with Gasteiger partial charge in [-0.1, -0.05) is 12.1 Å². The van der Waals surface area contributed by atoms with Crippen molar-refractivity contribution in [3.63, 3.8) is 0 Å². The molecule has 1 N–H and O–H groups in total. The van der Waals surface area contributed by atoms with Gasteiger partial charge in [-0.2, -0.15) is 5.26 Å². The van der Waals surface area contributed by atoms with Crippen LogP contribution in [0.2, 0.25) is 0 Å². The van der Waals surface area contributed by atoms with E-state index < -0.39 is 0 Å². The number of H-pyrrole nitrogens is 1. The number of nitriles is 1. The molecule has 0 atom stereocenters. The molecule has 3 heterocycles. The minimum absolute atomic E-state index is 0.0618. The zero-order valence-electron chi connectivity index (χ0n) is 20.3. The van der Waals surface area contributed by atoms with E-state index in [2.05, 4.69) is 32.2 Å². The third-order valence-corrected chi connectivity index (χ3v) is 7.07. The molecule has 1 amide bonds. The van der Waals surface area contributed by atoms with Gasteiger partial charge in [0.05, 0.1) is 24.8 Å². The Labute approximate surface area is 205 Å². The number of anilines is 1. The topological polar surface area (TPSA) is 98.1 Å². The van der Waals surface area contributed by atoms with Crippen LogP contribution in [0, 0.1) is 25.2 Å². The first-order valence-corrected chi connectivity index (χ1v) is 12.2. The maximum absolute atomic E-state index is 13.6. The number of aromatic nitrogens is 3. The number of hydrogen-bond donors (Lipinski definition) is 1. The van der Waals surface area contributed by atoms with Crippen molar-refractivity contribution in [2.45, 2.75) is 32.6 Å². The number of ether oxygens (including phenoxy) is 1. The van der Waals surface area contributed by atoms with Gasteiger partial charge < -0.3 is 19.5 Å². The molecule has 2 aliphatic heterocycles. The van der Waals surface area contributed by atoms with E-state index in [1.165, 1.54) is 5.56 Å². The number of nitrogens with one attached hydrogen (secondary N) is 1. The number of likely N-dealkylation sites (tertiary alicyclic amines) is 1. The fourth-order valence-electron chi connectivity index (χ4n) is 5.06. The Morgan fingerprint density at radius 3 is 2.40 bits per heavy atom. The molecule has 5 rings (SSSR count). The van der Waals surface area contributed by atoms with Crippen molar-refractivity contribution >= 4 is 11.6 Å². The first-order chi connectivity index (χ1) is 17.0. The lowest BCUT2D eigenvalue weighted by molar-refractivity contribution is 0.0712. The van der Waals surface area contributed by atoms with E-state index in [4.69, 9.17) is 10.00 Å². The molecular formula is C27H30N6O2. The Morgan fingerprint density at radius 1 is 1.06 bits per heavy atom. The highest BCUT2D eigenvalue weighted by Crippen LogP contribution is 2.34. The third-order valence-electron chi connectivity index (χ3n) is 7.07. The number of carbonyl (C=O) groups excluding carboxylic acids is 1. The zero-order valence-corrected chi connectivity index (χ0v) is 20.3. The number of nitrogens with zero attached hydrogens (tertiary/aromatic N) is 5. The first-order valence-electron chi connectivity index (χ1n) is 12.2. The van der Waals surface area contributed by atoms with Gasteiger partial charge >= 0.3 is 0 Å². The van der Waals surface area contributed by atoms with Crippen molar-refractivity contribution in [2.24, 2.45) is 0 Å². The van der Waals surface area contributed by atoms with E-state index >= 15 is 0 Å². The molecule has 1 aromatic heterocycles. The van der Waals surface area contributed by atoms with E-state index in [1.54, 1.807) is 0 Å². The molecule has 0 aliphatic carbocycles. The van der Waals surface area contributed by atoms with Gasteiger partial charge in [-0.05, 0) is 68.0 Å². The molecule has 2 aromatic carbocycles. The summed E-state index contributed by atoms with van der Waals surface area (Å²) in [5.74, 6) is 1.89. The van der Waals surface area contributed by atoms with Gasteiger partial charge in [0.1, 0.15) is 5.82 Å². The molecule has 0 unspecified atom stereocenters. The van der Waals surface area contributed by atoms with Crippen molar-refractivity contribution in [2.75, 3.05) is 44.3 Å². The minimum Gasteiger partial charge on any atom is -0.378 e. The standard InChI is InChI=1S/C27H30N6O2/c1-18-15-25(32-11-13-35-14-12-32)24(26-29-19(2)30-31-26)16-23(18)27(34)33-9-7-22(8-10-33)21-5-3-20(17-28)4-6-21/h3-6,15-16,22H,7-14H2,1-2H3,(H,29,30,31). The van der Waals surface area contributed by atoms with Gasteiger partial charge in [-0.25, -0.2) is 0 Å². The van der Waals surface area contributed by atoms with Crippen molar-refractivity contribution in [1.82, 2.24) is 20.1 Å². The molecule has 180 valence electrons. The number of aromatic amines is 1. The van der Waals surface area contributed by atoms with Crippen LogP contribution in [-0.2, 0) is 4.74 Å². The summed E-state index contributed by atoms with van der Waals surface area (Å²) in [7, 11) is 0. The van der Waals surface area contributed by atoms with Crippen LogP contribution >= 0.6 is 0 Å². The van der Waals surface area contributed by atoms with Gasteiger partial charge in [-0.3, -0.25) is 4.79 Å². The molecule has 0 saturated carbocycles. The van der Waals surface area contributed by atoms with E-state index in [9.17, 15) is 4.79 Å². The van der Waals surface area contributed by atoms with E-state index in [-0.39, 0.29) is 5.91 Å². The molecule has 0 radical (unpaired) electrons. The Morgan fingerprint density at radius 2 is 1.77 bits per heavy atom. The van der Waals surface area contributed by atoms with Crippen molar-refractivity contribution in [3.05, 3.63) is 64.5 Å². The molecule has 35 heavy (non-hydrogen) atoms. The van der Waals surface area contributed by atoms with Gasteiger partial charge in [0.15, 0.2) is 5.82 Å². The number of hydrogen-bond acceptors (Lipinski definition) is 6. The third kappa shape index (κ3) is 4.77. The number of benzene rings is 2. The average Bonchev–Trinajstić information content (AvgIpc) is 3.35. The molecule has 2 saturated heterocycles. The lowest BCUT2D eigenvalue weighted by Gasteiger charge is -2.33. The maximum atomic E-state index is 13.6. The summed E-state index contributed by atoms with van der Waals surface area (Å²) in [4.78, 5) is 21.1. The summed E-state index contributed by atoms with van der Waals surface area (Å²) in [5.41, 5.74) is 5.54. The van der Waals surface area contributed by atoms with Crippen LogP contribution in [0.4, 0.5) is 5.69 Å². The summed E-state index contributed by atoms with van der Waals surface area (Å²) in [5, 5.41) is 17.5. The SMILES string of the molecule is Cc1nnc(-c2cc(C(=O)N3CCC(c4ccc(C#N)cc4)CC3)c(C)cc2N2CCOCC2)[nH]1. The molecular weight excluding hydrogens is 440 g/mol. The lowest BCUT2D eigenvalue weighted by atomic mass is 9.88. The summed E-state index contributed by atoms with van der Waals surface area (Å²) in [6.07, 6.45) is 1.83. The van der Waals surface area contributed by atoms with Crippen LogP contribution in [0.15, 0.2) is 36.4 Å². The summed E-state index contributed by atoms with van der Waals surface area (Å²) in [6, 6.07) is 14.1. The smallest absolute Gasteiger partial charge is 0.254 e. The number of aryl methyl sites for hydroxylation is 2. The molecule has 2 aliphatic rings. The monoisotopic (exact) mass is 470 g/mol. The normalized spacial score (nSPS) is 16.8. The molecule has 0 bridgehead atoms. The average molecular weight is 471 g/mol. The van der Waals surface area contributed by atoms with Crippen LogP contribution in [0.1, 0.15) is 51.6 Å². The van der Waals surface area contributed by atoms with Gasteiger partial charge in [0.2, 0.25) is 0 Å². The summed E-state index contributed by atoms with van der Waals surface area (Å²) < 4.78 is 5.54. The molecule has 8 nitrogen and oxygen atoms in total. The summed E-state index contributed by atoms with van der Waals surface area (Å²) in [6.45, 7) is 8.28. The van der Waals surface area contributed by atoms with E-state index in [1.807, 2.05) is 49.1 Å². The number of piperidine rings is 1. The fourth-order valence-corrected chi connectivity index (χ4v) is 5.06. The quantitative estimate of drug-likeness (QED) is 0.623. The number of amides is 1. The number of rotatable bonds is 4. The van der Waals surface area contributed by atoms with Gasteiger partial charge in [0.25, 0.3) is 5.91 Å². The second-order valence-corrected chi connectivity index (χ2v) is 9.34. The molecule has 8 heteroatoms. The highest BCUT2D eigenvalue weighted by molar-refractivity contribution is 5.98. The fraction of sp³-hybridized carbons (Fsp3) is 0.407. The highest BCUT2D eigenvalue weighted by atomic mass is 16.5. The Hall–Kier alpha value is -3.70. The van der Waals surface area contributed by atoms with E-state index in [0.717, 1.165) is 48.6 Å². The predicted molar refractivity (Wildman–Crippen MR) is 133 cm³/mol. The van der Waals surface area contributed by atoms with Gasteiger partial charge in [0, 0.05) is 43.0 Å².